The third-order valence-corrected chi connectivity index (χ3v) is 4.03. The Morgan fingerprint density at radius 3 is 2.74 bits per heavy atom. The molecule has 0 radical (unpaired) electrons. The maximum Gasteiger partial charge on any atom is 0.170 e. The van der Waals surface area contributed by atoms with Gasteiger partial charge in [-0.05, 0) is 25.0 Å². The monoisotopic (exact) mass is 257 g/mol. The van der Waals surface area contributed by atoms with E-state index in [4.69, 9.17) is 0 Å². The minimum atomic E-state index is 0.506. The summed E-state index contributed by atoms with van der Waals surface area (Å²) < 4.78 is 2.09. The predicted octanol–water partition coefficient (Wildman–Crippen LogP) is 2.87. The van der Waals surface area contributed by atoms with Crippen molar-refractivity contribution in [3.8, 4) is 0 Å². The molecule has 0 bridgehead atoms. The Bertz CT molecular complexity index is 609. The largest absolute Gasteiger partial charge is 0.378 e. The second kappa shape index (κ2) is 4.68. The molecular formula is C15H19N3O. The molecule has 0 spiro atoms. The quantitative estimate of drug-likeness (QED) is 0.793. The second-order valence-electron chi connectivity index (χ2n) is 5.49. The summed E-state index contributed by atoms with van der Waals surface area (Å²) >= 11 is 0. The Hall–Kier alpha value is -1.84. The minimum Gasteiger partial charge on any atom is -0.378 e. The van der Waals surface area contributed by atoms with Gasteiger partial charge < -0.3 is 9.30 Å². The summed E-state index contributed by atoms with van der Waals surface area (Å²) in [6, 6.07) is 4.11. The molecule has 0 amide bonds. The van der Waals surface area contributed by atoms with E-state index in [1.165, 1.54) is 25.7 Å². The number of fused-ring (bicyclic) bond motifs is 1. The third-order valence-electron chi connectivity index (χ3n) is 4.03. The van der Waals surface area contributed by atoms with Crippen LogP contribution in [0, 0.1) is 0 Å². The summed E-state index contributed by atoms with van der Waals surface area (Å²) in [4.78, 5) is 17.8. The van der Waals surface area contributed by atoms with Gasteiger partial charge in [-0.3, -0.25) is 4.79 Å². The molecule has 1 fully saturated rings. The van der Waals surface area contributed by atoms with E-state index in [9.17, 15) is 4.79 Å². The molecule has 0 aliphatic heterocycles. The summed E-state index contributed by atoms with van der Waals surface area (Å²) in [5, 5.41) is 0. The van der Waals surface area contributed by atoms with Crippen LogP contribution in [0.4, 0.5) is 5.69 Å². The topological polar surface area (TPSA) is 37.6 Å². The number of aldehydes is 1. The first-order valence-corrected chi connectivity index (χ1v) is 6.85. The molecule has 2 aromatic rings. The number of rotatable bonds is 3. The molecular weight excluding hydrogens is 238 g/mol. The highest BCUT2D eigenvalue weighted by Crippen LogP contribution is 2.34. The van der Waals surface area contributed by atoms with Crippen LogP contribution < -0.4 is 4.90 Å². The molecule has 1 aliphatic carbocycles. The molecule has 4 nitrogen and oxygen atoms in total. The van der Waals surface area contributed by atoms with Crippen molar-refractivity contribution in [2.24, 2.45) is 0 Å². The zero-order valence-electron chi connectivity index (χ0n) is 11.5. The molecule has 0 N–H and O–H groups in total. The molecule has 3 rings (SSSR count). The first-order valence-electron chi connectivity index (χ1n) is 6.85. The number of anilines is 1. The van der Waals surface area contributed by atoms with Crippen LogP contribution >= 0.6 is 0 Å². The van der Waals surface area contributed by atoms with E-state index in [2.05, 4.69) is 15.5 Å². The van der Waals surface area contributed by atoms with Crippen molar-refractivity contribution in [2.45, 2.75) is 31.6 Å². The summed E-state index contributed by atoms with van der Waals surface area (Å²) in [5.41, 5.74) is 2.57. The lowest BCUT2D eigenvalue weighted by atomic mass is 10.1. The van der Waals surface area contributed by atoms with E-state index < -0.39 is 0 Å². The highest BCUT2D eigenvalue weighted by molar-refractivity contribution is 5.85. The summed E-state index contributed by atoms with van der Waals surface area (Å²) in [6.45, 7) is 0. The fraction of sp³-hybridized carbons (Fsp3) is 0.467. The highest BCUT2D eigenvalue weighted by atomic mass is 16.1. The zero-order chi connectivity index (χ0) is 13.4. The lowest BCUT2D eigenvalue weighted by Crippen LogP contribution is -2.09. The average molecular weight is 257 g/mol. The maximum atomic E-state index is 11.2. The SMILES string of the molecule is CN(C)c1ccn2c(C3CCCC3)nc(C=O)c2c1. The Balaban J connectivity index is 2.16. The molecule has 2 heterocycles. The first-order chi connectivity index (χ1) is 9.20. The number of nitrogens with zero attached hydrogens (tertiary/aromatic N) is 3. The van der Waals surface area contributed by atoms with E-state index in [1.54, 1.807) is 0 Å². The van der Waals surface area contributed by atoms with Crippen LogP contribution in [0.2, 0.25) is 0 Å². The Kier molecular flexibility index (Phi) is 3.01. The number of pyridine rings is 1. The van der Waals surface area contributed by atoms with E-state index in [-0.39, 0.29) is 0 Å². The Labute approximate surface area is 113 Å². The Morgan fingerprint density at radius 2 is 2.11 bits per heavy atom. The second-order valence-corrected chi connectivity index (χ2v) is 5.49. The molecule has 19 heavy (non-hydrogen) atoms. The van der Waals surface area contributed by atoms with Crippen molar-refractivity contribution in [3.63, 3.8) is 0 Å². The van der Waals surface area contributed by atoms with Crippen LogP contribution in [0.25, 0.3) is 5.52 Å². The van der Waals surface area contributed by atoms with Gasteiger partial charge in [0.15, 0.2) is 6.29 Å². The molecule has 0 unspecified atom stereocenters. The van der Waals surface area contributed by atoms with Gasteiger partial charge in [-0.2, -0.15) is 0 Å². The average Bonchev–Trinajstić information content (AvgIpc) is 3.04. The molecule has 1 saturated carbocycles. The minimum absolute atomic E-state index is 0.506. The van der Waals surface area contributed by atoms with Crippen molar-refractivity contribution >= 4 is 17.5 Å². The third kappa shape index (κ3) is 2.01. The van der Waals surface area contributed by atoms with Crippen LogP contribution in [0.3, 0.4) is 0 Å². The standard InChI is InChI=1S/C15H19N3O/c1-17(2)12-7-8-18-14(9-12)13(10-19)16-15(18)11-5-3-4-6-11/h7-11H,3-6H2,1-2H3. The number of carbonyl (C=O) groups is 1. The number of aromatic nitrogens is 2. The van der Waals surface area contributed by atoms with Crippen LogP contribution in [0.1, 0.15) is 47.9 Å². The van der Waals surface area contributed by atoms with Crippen LogP contribution in [0.15, 0.2) is 18.3 Å². The van der Waals surface area contributed by atoms with Crippen molar-refractivity contribution in [3.05, 3.63) is 29.8 Å². The van der Waals surface area contributed by atoms with Gasteiger partial charge in [0.05, 0.1) is 5.52 Å². The van der Waals surface area contributed by atoms with Gasteiger partial charge in [-0.15, -0.1) is 0 Å². The van der Waals surface area contributed by atoms with Gasteiger partial charge in [0.2, 0.25) is 0 Å². The lowest BCUT2D eigenvalue weighted by molar-refractivity contribution is 0.112. The number of carbonyl (C=O) groups excluding carboxylic acids is 1. The van der Waals surface area contributed by atoms with Gasteiger partial charge in [-0.1, -0.05) is 12.8 Å². The van der Waals surface area contributed by atoms with Crippen LogP contribution in [0.5, 0.6) is 0 Å². The van der Waals surface area contributed by atoms with E-state index >= 15 is 0 Å². The fourth-order valence-corrected chi connectivity index (χ4v) is 2.96. The zero-order valence-corrected chi connectivity index (χ0v) is 11.5. The van der Waals surface area contributed by atoms with Crippen molar-refractivity contribution in [1.29, 1.82) is 0 Å². The first kappa shape index (κ1) is 12.2. The molecule has 1 aliphatic rings. The maximum absolute atomic E-state index is 11.2. The van der Waals surface area contributed by atoms with Gasteiger partial charge in [0.1, 0.15) is 11.5 Å². The Morgan fingerprint density at radius 1 is 1.37 bits per heavy atom. The number of imidazole rings is 1. The molecule has 0 atom stereocenters. The lowest BCUT2D eigenvalue weighted by Gasteiger charge is -2.13. The van der Waals surface area contributed by atoms with Crippen LogP contribution in [-0.4, -0.2) is 29.8 Å². The van der Waals surface area contributed by atoms with Crippen LogP contribution in [-0.2, 0) is 0 Å². The van der Waals surface area contributed by atoms with Crippen molar-refractivity contribution < 1.29 is 4.79 Å². The highest BCUT2D eigenvalue weighted by Gasteiger charge is 2.23. The molecule has 2 aromatic heterocycles. The van der Waals surface area contributed by atoms with Gasteiger partial charge in [0, 0.05) is 31.9 Å². The molecule has 4 heteroatoms. The number of hydrogen-bond donors (Lipinski definition) is 0. The van der Waals surface area contributed by atoms with Gasteiger partial charge in [-0.25, -0.2) is 4.98 Å². The summed E-state index contributed by atoms with van der Waals surface area (Å²) in [5.74, 6) is 1.56. The van der Waals surface area contributed by atoms with E-state index in [0.717, 1.165) is 23.3 Å². The van der Waals surface area contributed by atoms with E-state index in [0.29, 0.717) is 11.6 Å². The molecule has 0 saturated heterocycles. The summed E-state index contributed by atoms with van der Waals surface area (Å²) in [7, 11) is 4.00. The smallest absolute Gasteiger partial charge is 0.170 e. The fourth-order valence-electron chi connectivity index (χ4n) is 2.96. The van der Waals surface area contributed by atoms with Gasteiger partial charge >= 0.3 is 0 Å². The predicted molar refractivity (Wildman–Crippen MR) is 76.1 cm³/mol. The summed E-state index contributed by atoms with van der Waals surface area (Å²) in [6.07, 6.45) is 7.82. The van der Waals surface area contributed by atoms with Crippen molar-refractivity contribution in [2.75, 3.05) is 19.0 Å². The molecule has 100 valence electrons. The van der Waals surface area contributed by atoms with Crippen molar-refractivity contribution in [1.82, 2.24) is 9.38 Å². The normalized spacial score (nSPS) is 16.1. The van der Waals surface area contributed by atoms with E-state index in [1.807, 2.05) is 31.3 Å². The molecule has 0 aromatic carbocycles. The number of hydrogen-bond acceptors (Lipinski definition) is 3. The van der Waals surface area contributed by atoms with Gasteiger partial charge in [0.25, 0.3) is 0 Å².